The highest BCUT2D eigenvalue weighted by atomic mass is 32.1. The van der Waals surface area contributed by atoms with Crippen molar-refractivity contribution in [1.29, 1.82) is 0 Å². The Morgan fingerprint density at radius 3 is 1.63 bits per heavy atom. The van der Waals surface area contributed by atoms with Crippen LogP contribution in [0.2, 0.25) is 0 Å². The van der Waals surface area contributed by atoms with E-state index in [4.69, 9.17) is 0 Å². The molecule has 240 valence electrons. The Hall–Kier alpha value is -6.42. The van der Waals surface area contributed by atoms with Crippen molar-refractivity contribution in [3.8, 4) is 27.9 Å². The third kappa shape index (κ3) is 4.93. The van der Waals surface area contributed by atoms with Gasteiger partial charge in [-0.25, -0.2) is 0 Å². The molecule has 0 aliphatic carbocycles. The first-order chi connectivity index (χ1) is 25.3. The lowest BCUT2D eigenvalue weighted by atomic mass is 10.0. The van der Waals surface area contributed by atoms with Gasteiger partial charge in [0.2, 0.25) is 0 Å². The van der Waals surface area contributed by atoms with E-state index in [0.717, 1.165) is 22.7 Å². The van der Waals surface area contributed by atoms with Gasteiger partial charge < -0.3 is 9.47 Å². The van der Waals surface area contributed by atoms with E-state index in [1.54, 1.807) is 0 Å². The minimum Gasteiger partial charge on any atom is -0.310 e. The second-order valence-electron chi connectivity index (χ2n) is 12.9. The number of benzene rings is 8. The Bertz CT molecular complexity index is 2790. The van der Waals surface area contributed by atoms with Gasteiger partial charge in [-0.1, -0.05) is 133 Å². The smallest absolute Gasteiger partial charge is 0.0541 e. The lowest BCUT2D eigenvalue weighted by molar-refractivity contribution is 1.17. The molecule has 0 radical (unpaired) electrons. The normalized spacial score (nSPS) is 11.5. The van der Waals surface area contributed by atoms with Crippen molar-refractivity contribution >= 4 is 70.4 Å². The Morgan fingerprint density at radius 1 is 0.373 bits per heavy atom. The second-order valence-corrected chi connectivity index (χ2v) is 14.0. The number of anilines is 3. The maximum atomic E-state index is 2.39. The molecule has 2 aromatic heterocycles. The lowest BCUT2D eigenvalue weighted by Gasteiger charge is -2.28. The zero-order valence-electron chi connectivity index (χ0n) is 27.8. The van der Waals surface area contributed by atoms with Gasteiger partial charge in [0.05, 0.1) is 16.7 Å². The fourth-order valence-electron chi connectivity index (χ4n) is 7.67. The van der Waals surface area contributed by atoms with Crippen molar-refractivity contribution in [3.05, 3.63) is 194 Å². The highest BCUT2D eigenvalue weighted by Crippen LogP contribution is 2.44. The van der Waals surface area contributed by atoms with Crippen LogP contribution in [0.4, 0.5) is 17.1 Å². The van der Waals surface area contributed by atoms with E-state index in [2.05, 4.69) is 204 Å². The number of aromatic nitrogens is 1. The summed E-state index contributed by atoms with van der Waals surface area (Å²) in [6, 6.07) is 70.3. The van der Waals surface area contributed by atoms with Crippen molar-refractivity contribution in [2.24, 2.45) is 0 Å². The molecule has 51 heavy (non-hydrogen) atoms. The summed E-state index contributed by atoms with van der Waals surface area (Å²) in [5.41, 5.74) is 11.8. The van der Waals surface area contributed by atoms with Crippen molar-refractivity contribution in [2.75, 3.05) is 4.90 Å². The summed E-state index contributed by atoms with van der Waals surface area (Å²) >= 11 is 1.88. The summed E-state index contributed by atoms with van der Waals surface area (Å²) in [4.78, 5) is 2.39. The van der Waals surface area contributed by atoms with Gasteiger partial charge in [-0.15, -0.1) is 11.3 Å². The predicted octanol–water partition coefficient (Wildman–Crippen LogP) is 14.0. The molecule has 2 heterocycles. The quantitative estimate of drug-likeness (QED) is 0.171. The molecule has 0 amide bonds. The molecule has 0 fully saturated rings. The number of para-hydroxylation sites is 3. The molecular formula is C48H32N2S. The number of hydrogen-bond donors (Lipinski definition) is 0. The average Bonchev–Trinajstić information content (AvgIpc) is 3.75. The summed E-state index contributed by atoms with van der Waals surface area (Å²) in [7, 11) is 0. The molecule has 0 saturated heterocycles. The molecule has 10 rings (SSSR count). The van der Waals surface area contributed by atoms with Gasteiger partial charge in [-0.05, 0) is 77.4 Å². The summed E-state index contributed by atoms with van der Waals surface area (Å²) in [5, 5.41) is 5.17. The molecule has 2 nitrogen and oxygen atoms in total. The zero-order valence-corrected chi connectivity index (χ0v) is 28.6. The monoisotopic (exact) mass is 668 g/mol. The van der Waals surface area contributed by atoms with E-state index in [0.29, 0.717) is 0 Å². The van der Waals surface area contributed by atoms with Crippen LogP contribution in [0, 0.1) is 0 Å². The predicted molar refractivity (Wildman–Crippen MR) is 219 cm³/mol. The van der Waals surface area contributed by atoms with Gasteiger partial charge in [0, 0.05) is 53.6 Å². The molecule has 0 aliphatic heterocycles. The maximum absolute atomic E-state index is 2.39. The summed E-state index contributed by atoms with van der Waals surface area (Å²) in [6.45, 7) is 0. The number of nitrogens with zero attached hydrogens (tertiary/aromatic N) is 2. The van der Waals surface area contributed by atoms with E-state index in [-0.39, 0.29) is 0 Å². The molecule has 3 heteroatoms. The largest absolute Gasteiger partial charge is 0.310 e. The van der Waals surface area contributed by atoms with Gasteiger partial charge >= 0.3 is 0 Å². The third-order valence-electron chi connectivity index (χ3n) is 10.0. The minimum absolute atomic E-state index is 1.10. The van der Waals surface area contributed by atoms with E-state index in [1.165, 1.54) is 64.2 Å². The maximum Gasteiger partial charge on any atom is 0.0541 e. The van der Waals surface area contributed by atoms with Gasteiger partial charge in [0.1, 0.15) is 0 Å². The SMILES string of the molecule is c1ccc(-c2ccccc2N(c2ccc(-c3cccc4c3sc3ccccc34)cc2)c2ccc(-n3c4ccccc4c4ccccc43)cc2)cc1. The first-order valence-corrected chi connectivity index (χ1v) is 18.2. The topological polar surface area (TPSA) is 8.17 Å². The van der Waals surface area contributed by atoms with Crippen LogP contribution in [0.3, 0.4) is 0 Å². The zero-order chi connectivity index (χ0) is 33.7. The number of thiophene rings is 1. The van der Waals surface area contributed by atoms with Crippen LogP contribution in [0.25, 0.3) is 69.9 Å². The summed E-state index contributed by atoms with van der Waals surface area (Å²) in [6.07, 6.45) is 0. The van der Waals surface area contributed by atoms with Crippen LogP contribution in [0.15, 0.2) is 194 Å². The molecule has 0 spiro atoms. The summed E-state index contributed by atoms with van der Waals surface area (Å²) in [5.74, 6) is 0. The van der Waals surface area contributed by atoms with Gasteiger partial charge in [-0.2, -0.15) is 0 Å². The van der Waals surface area contributed by atoms with E-state index < -0.39 is 0 Å². The number of hydrogen-bond acceptors (Lipinski definition) is 2. The first kappa shape index (κ1) is 29.5. The van der Waals surface area contributed by atoms with E-state index in [9.17, 15) is 0 Å². The average molecular weight is 669 g/mol. The van der Waals surface area contributed by atoms with Crippen LogP contribution in [-0.2, 0) is 0 Å². The summed E-state index contributed by atoms with van der Waals surface area (Å²) < 4.78 is 5.03. The Labute approximate surface area is 300 Å². The van der Waals surface area contributed by atoms with E-state index >= 15 is 0 Å². The van der Waals surface area contributed by atoms with Crippen LogP contribution >= 0.6 is 11.3 Å². The van der Waals surface area contributed by atoms with Crippen molar-refractivity contribution in [3.63, 3.8) is 0 Å². The van der Waals surface area contributed by atoms with Gasteiger partial charge in [-0.3, -0.25) is 0 Å². The number of fused-ring (bicyclic) bond motifs is 6. The number of rotatable bonds is 6. The van der Waals surface area contributed by atoms with Crippen LogP contribution in [0.5, 0.6) is 0 Å². The highest BCUT2D eigenvalue weighted by Gasteiger charge is 2.19. The highest BCUT2D eigenvalue weighted by molar-refractivity contribution is 7.26. The Balaban J connectivity index is 1.11. The Morgan fingerprint density at radius 2 is 0.902 bits per heavy atom. The molecule has 0 N–H and O–H groups in total. The van der Waals surface area contributed by atoms with Gasteiger partial charge in [0.15, 0.2) is 0 Å². The van der Waals surface area contributed by atoms with Crippen LogP contribution in [0.1, 0.15) is 0 Å². The fraction of sp³-hybridized carbons (Fsp3) is 0. The molecule has 0 bridgehead atoms. The Kier molecular flexibility index (Phi) is 7.04. The van der Waals surface area contributed by atoms with Crippen molar-refractivity contribution in [2.45, 2.75) is 0 Å². The van der Waals surface area contributed by atoms with Gasteiger partial charge in [0.25, 0.3) is 0 Å². The molecule has 10 aromatic rings. The van der Waals surface area contributed by atoms with Crippen molar-refractivity contribution < 1.29 is 0 Å². The molecule has 0 saturated carbocycles. The first-order valence-electron chi connectivity index (χ1n) is 17.4. The van der Waals surface area contributed by atoms with E-state index in [1.807, 2.05) is 11.3 Å². The molecule has 8 aromatic carbocycles. The third-order valence-corrected chi connectivity index (χ3v) is 11.2. The standard InChI is InChI=1S/C48H32N2S/c1-2-13-33(14-3-1)38-15-4-8-21-44(38)49(35-27-25-34(26-28-35)39-19-12-20-43-42-18-7-11-24-47(42)51-48(39)43)36-29-31-37(32-30-36)50-45-22-9-5-16-40(45)41-17-6-10-23-46(41)50/h1-32H. The molecular weight excluding hydrogens is 637 g/mol. The van der Waals surface area contributed by atoms with Crippen molar-refractivity contribution in [1.82, 2.24) is 4.57 Å². The van der Waals surface area contributed by atoms with Crippen LogP contribution < -0.4 is 4.90 Å². The lowest BCUT2D eigenvalue weighted by Crippen LogP contribution is -2.11. The fourth-order valence-corrected chi connectivity index (χ4v) is 8.91. The molecule has 0 unspecified atom stereocenters. The minimum atomic E-state index is 1.10. The van der Waals surface area contributed by atoms with Crippen LogP contribution in [-0.4, -0.2) is 4.57 Å². The molecule has 0 atom stereocenters. The molecule has 0 aliphatic rings. The second kappa shape index (κ2) is 12.2.